The molecule has 0 radical (unpaired) electrons. The fraction of sp³-hybridized carbons (Fsp3) is 0.389. The van der Waals surface area contributed by atoms with Crippen LogP contribution in [-0.4, -0.2) is 41.0 Å². The van der Waals surface area contributed by atoms with E-state index in [1.807, 2.05) is 24.3 Å². The number of aromatic nitrogens is 1. The number of thiazole rings is 1. The summed E-state index contributed by atoms with van der Waals surface area (Å²) in [5.74, 6) is -0.636. The summed E-state index contributed by atoms with van der Waals surface area (Å²) in [6.45, 7) is 3.13. The van der Waals surface area contributed by atoms with Crippen molar-refractivity contribution in [1.29, 1.82) is 0 Å². The minimum atomic E-state index is -0.754. The zero-order valence-corrected chi connectivity index (χ0v) is 14.4. The molecule has 3 rings (SSSR count). The number of esters is 1. The molecule has 2 heterocycles. The SMILES string of the molecule is C[C@@H](OC(=O)/C=C/c1nc2ccccc2s1)C(=O)N1CCCCC1. The number of hydrogen-bond donors (Lipinski definition) is 0. The first-order valence-electron chi connectivity index (χ1n) is 8.16. The van der Waals surface area contributed by atoms with Gasteiger partial charge < -0.3 is 9.64 Å². The number of benzene rings is 1. The van der Waals surface area contributed by atoms with Gasteiger partial charge in [-0.05, 0) is 44.4 Å². The van der Waals surface area contributed by atoms with E-state index in [-0.39, 0.29) is 5.91 Å². The third-order valence-electron chi connectivity index (χ3n) is 3.98. The first kappa shape index (κ1) is 16.6. The molecule has 24 heavy (non-hydrogen) atoms. The lowest BCUT2D eigenvalue weighted by atomic mass is 10.1. The summed E-state index contributed by atoms with van der Waals surface area (Å²) in [4.78, 5) is 30.4. The number of fused-ring (bicyclic) bond motifs is 1. The van der Waals surface area contributed by atoms with Gasteiger partial charge in [-0.1, -0.05) is 12.1 Å². The Morgan fingerprint density at radius 2 is 2.00 bits per heavy atom. The maximum Gasteiger partial charge on any atom is 0.331 e. The number of likely N-dealkylation sites (tertiary alicyclic amines) is 1. The average Bonchev–Trinajstić information content (AvgIpc) is 3.03. The minimum absolute atomic E-state index is 0.114. The molecule has 0 N–H and O–H groups in total. The number of ether oxygens (including phenoxy) is 1. The summed E-state index contributed by atoms with van der Waals surface area (Å²) in [5, 5.41) is 0.739. The standard InChI is InChI=1S/C18H20N2O3S/c1-13(18(22)20-11-5-2-6-12-20)23-17(21)10-9-16-19-14-7-3-4-8-15(14)24-16/h3-4,7-10,13H,2,5-6,11-12H2,1H3/b10-9+/t13-/m1/s1. The van der Waals surface area contributed by atoms with Gasteiger partial charge in [-0.15, -0.1) is 11.3 Å². The van der Waals surface area contributed by atoms with Crippen LogP contribution in [0, 0.1) is 0 Å². The summed E-state index contributed by atoms with van der Waals surface area (Å²) in [6.07, 6.45) is 5.40. The summed E-state index contributed by atoms with van der Waals surface area (Å²) >= 11 is 1.51. The lowest BCUT2D eigenvalue weighted by molar-refractivity contribution is -0.155. The van der Waals surface area contributed by atoms with Gasteiger partial charge in [0.25, 0.3) is 5.91 Å². The van der Waals surface area contributed by atoms with Crippen molar-refractivity contribution >= 4 is 39.5 Å². The van der Waals surface area contributed by atoms with Crippen LogP contribution in [0.15, 0.2) is 30.3 Å². The van der Waals surface area contributed by atoms with E-state index in [1.54, 1.807) is 17.9 Å². The molecule has 2 aromatic rings. The van der Waals surface area contributed by atoms with Crippen molar-refractivity contribution in [3.63, 3.8) is 0 Å². The lowest BCUT2D eigenvalue weighted by Gasteiger charge is -2.28. The highest BCUT2D eigenvalue weighted by molar-refractivity contribution is 7.19. The Morgan fingerprint density at radius 3 is 2.75 bits per heavy atom. The van der Waals surface area contributed by atoms with Gasteiger partial charge in [0.15, 0.2) is 6.10 Å². The van der Waals surface area contributed by atoms with E-state index in [1.165, 1.54) is 17.4 Å². The van der Waals surface area contributed by atoms with Crippen LogP contribution in [0.1, 0.15) is 31.2 Å². The van der Waals surface area contributed by atoms with Crippen LogP contribution in [0.2, 0.25) is 0 Å². The summed E-state index contributed by atoms with van der Waals surface area (Å²) in [5.41, 5.74) is 0.907. The molecule has 1 saturated heterocycles. The van der Waals surface area contributed by atoms with Crippen molar-refractivity contribution in [3.05, 3.63) is 35.3 Å². The van der Waals surface area contributed by atoms with Crippen molar-refractivity contribution in [3.8, 4) is 0 Å². The fourth-order valence-electron chi connectivity index (χ4n) is 2.74. The molecule has 1 atom stereocenters. The first-order chi connectivity index (χ1) is 11.6. The minimum Gasteiger partial charge on any atom is -0.449 e. The third-order valence-corrected chi connectivity index (χ3v) is 4.98. The lowest BCUT2D eigenvalue weighted by Crippen LogP contribution is -2.42. The van der Waals surface area contributed by atoms with Gasteiger partial charge in [-0.25, -0.2) is 9.78 Å². The average molecular weight is 344 g/mol. The number of nitrogens with zero attached hydrogens (tertiary/aromatic N) is 2. The van der Waals surface area contributed by atoms with Crippen LogP contribution in [0.25, 0.3) is 16.3 Å². The molecule has 0 aliphatic carbocycles. The van der Waals surface area contributed by atoms with E-state index in [9.17, 15) is 9.59 Å². The first-order valence-corrected chi connectivity index (χ1v) is 8.98. The van der Waals surface area contributed by atoms with Crippen LogP contribution in [0.4, 0.5) is 0 Å². The van der Waals surface area contributed by atoms with E-state index in [2.05, 4.69) is 4.98 Å². The molecule has 1 aliphatic heterocycles. The molecule has 0 unspecified atom stereocenters. The van der Waals surface area contributed by atoms with Gasteiger partial charge in [-0.2, -0.15) is 0 Å². The molecule has 1 aromatic carbocycles. The predicted molar refractivity (Wildman–Crippen MR) is 94.6 cm³/mol. The Balaban J connectivity index is 1.57. The predicted octanol–water partition coefficient (Wildman–Crippen LogP) is 3.25. The largest absolute Gasteiger partial charge is 0.449 e. The van der Waals surface area contributed by atoms with E-state index in [0.717, 1.165) is 47.6 Å². The van der Waals surface area contributed by atoms with Crippen molar-refractivity contribution in [1.82, 2.24) is 9.88 Å². The van der Waals surface area contributed by atoms with Gasteiger partial charge in [-0.3, -0.25) is 4.79 Å². The molecule has 1 aliphatic rings. The van der Waals surface area contributed by atoms with E-state index in [4.69, 9.17) is 4.74 Å². The highest BCUT2D eigenvalue weighted by Gasteiger charge is 2.24. The quantitative estimate of drug-likeness (QED) is 0.631. The highest BCUT2D eigenvalue weighted by Crippen LogP contribution is 2.22. The number of hydrogen-bond acceptors (Lipinski definition) is 5. The number of para-hydroxylation sites is 1. The number of amides is 1. The molecule has 6 heteroatoms. The Bertz CT molecular complexity index is 729. The smallest absolute Gasteiger partial charge is 0.331 e. The zero-order valence-electron chi connectivity index (χ0n) is 13.6. The highest BCUT2D eigenvalue weighted by atomic mass is 32.1. The molecular formula is C18H20N2O3S. The summed E-state index contributed by atoms with van der Waals surface area (Å²) in [7, 11) is 0. The number of carbonyl (C=O) groups excluding carboxylic acids is 2. The van der Waals surface area contributed by atoms with Crippen LogP contribution >= 0.6 is 11.3 Å². The van der Waals surface area contributed by atoms with Crippen LogP contribution in [0.5, 0.6) is 0 Å². The van der Waals surface area contributed by atoms with Crippen LogP contribution < -0.4 is 0 Å². The zero-order chi connectivity index (χ0) is 16.9. The molecule has 1 fully saturated rings. The Labute approximate surface area is 144 Å². The molecule has 0 saturated carbocycles. The molecule has 1 amide bonds. The van der Waals surface area contributed by atoms with Crippen molar-refractivity contribution < 1.29 is 14.3 Å². The van der Waals surface area contributed by atoms with Crippen molar-refractivity contribution in [2.75, 3.05) is 13.1 Å². The van der Waals surface area contributed by atoms with E-state index < -0.39 is 12.1 Å². The van der Waals surface area contributed by atoms with Gasteiger partial charge in [0.1, 0.15) is 5.01 Å². The van der Waals surface area contributed by atoms with E-state index >= 15 is 0 Å². The number of carbonyl (C=O) groups is 2. The maximum atomic E-state index is 12.2. The van der Waals surface area contributed by atoms with Gasteiger partial charge in [0.2, 0.25) is 0 Å². The van der Waals surface area contributed by atoms with Crippen molar-refractivity contribution in [2.45, 2.75) is 32.3 Å². The fourth-order valence-corrected chi connectivity index (χ4v) is 3.61. The molecule has 126 valence electrons. The second-order valence-corrected chi connectivity index (χ2v) is 6.88. The van der Waals surface area contributed by atoms with Crippen LogP contribution in [0.3, 0.4) is 0 Å². The monoisotopic (exact) mass is 344 g/mol. The normalized spacial score (nSPS) is 16.5. The number of rotatable bonds is 4. The molecule has 5 nitrogen and oxygen atoms in total. The van der Waals surface area contributed by atoms with Crippen LogP contribution in [-0.2, 0) is 14.3 Å². The second-order valence-electron chi connectivity index (χ2n) is 5.82. The third kappa shape index (κ3) is 4.00. The summed E-state index contributed by atoms with van der Waals surface area (Å²) < 4.78 is 6.29. The van der Waals surface area contributed by atoms with E-state index in [0.29, 0.717) is 0 Å². The second kappa shape index (κ2) is 7.57. The molecule has 0 spiro atoms. The topological polar surface area (TPSA) is 59.5 Å². The Morgan fingerprint density at radius 1 is 1.25 bits per heavy atom. The molecular weight excluding hydrogens is 324 g/mol. The van der Waals surface area contributed by atoms with Gasteiger partial charge in [0.05, 0.1) is 10.2 Å². The Hall–Kier alpha value is -2.21. The number of piperidine rings is 1. The molecule has 0 bridgehead atoms. The molecule has 1 aromatic heterocycles. The Kier molecular flexibility index (Phi) is 5.25. The summed E-state index contributed by atoms with van der Waals surface area (Å²) in [6, 6.07) is 7.80. The van der Waals surface area contributed by atoms with Gasteiger partial charge in [0, 0.05) is 19.2 Å². The van der Waals surface area contributed by atoms with Gasteiger partial charge >= 0.3 is 5.97 Å². The maximum absolute atomic E-state index is 12.2. The van der Waals surface area contributed by atoms with Crippen molar-refractivity contribution in [2.24, 2.45) is 0 Å².